The zero-order chi connectivity index (χ0) is 20.8. The Morgan fingerprint density at radius 1 is 1.14 bits per heavy atom. The predicted octanol–water partition coefficient (Wildman–Crippen LogP) is 5.24. The lowest BCUT2D eigenvalue weighted by Crippen LogP contribution is -2.20. The zero-order valence-corrected chi connectivity index (χ0v) is 16.2. The van der Waals surface area contributed by atoms with E-state index in [1.165, 1.54) is 6.92 Å². The van der Waals surface area contributed by atoms with Gasteiger partial charge in [0, 0.05) is 0 Å². The second-order valence-electron chi connectivity index (χ2n) is 6.45. The number of halogens is 3. The van der Waals surface area contributed by atoms with Crippen LogP contribution in [0.4, 0.5) is 18.9 Å². The number of rotatable bonds is 3. The molecule has 2 aromatic heterocycles. The second kappa shape index (κ2) is 7.00. The average molecular weight is 416 g/mol. The summed E-state index contributed by atoms with van der Waals surface area (Å²) < 4.78 is 42.7. The molecule has 148 valence electrons. The molecule has 0 bridgehead atoms. The molecule has 0 aliphatic rings. The number of thiazole rings is 1. The van der Waals surface area contributed by atoms with E-state index in [0.29, 0.717) is 11.2 Å². The Morgan fingerprint density at radius 3 is 2.52 bits per heavy atom. The summed E-state index contributed by atoms with van der Waals surface area (Å²) in [5.41, 5.74) is -0.613. The van der Waals surface area contributed by atoms with Gasteiger partial charge in [-0.15, -0.1) is 0 Å². The van der Waals surface area contributed by atoms with Crippen LogP contribution in [0.1, 0.15) is 23.7 Å². The molecular formula is C20H15F3N4OS. The van der Waals surface area contributed by atoms with Crippen LogP contribution in [0, 0.1) is 6.92 Å². The Morgan fingerprint density at radius 2 is 1.83 bits per heavy atom. The number of hydrogen-bond donors (Lipinski definition) is 1. The Bertz CT molecular complexity index is 1260. The van der Waals surface area contributed by atoms with Crippen LogP contribution in [0.3, 0.4) is 0 Å². The number of nitrogens with one attached hydrogen (secondary N) is 1. The molecule has 0 saturated heterocycles. The lowest BCUT2D eigenvalue weighted by molar-refractivity contribution is -0.141. The Kier molecular flexibility index (Phi) is 4.62. The van der Waals surface area contributed by atoms with Gasteiger partial charge in [-0.3, -0.25) is 14.9 Å². The summed E-state index contributed by atoms with van der Waals surface area (Å²) in [7, 11) is 0. The molecular weight excluding hydrogens is 401 g/mol. The third kappa shape index (κ3) is 3.49. The van der Waals surface area contributed by atoms with Crippen molar-refractivity contribution in [1.82, 2.24) is 14.8 Å². The van der Waals surface area contributed by atoms with Crippen LogP contribution in [-0.4, -0.2) is 20.5 Å². The number of aryl methyl sites for hydroxylation is 1. The minimum Gasteiger partial charge on any atom is -0.284 e. The van der Waals surface area contributed by atoms with Gasteiger partial charge in [0.05, 0.1) is 27.2 Å². The number of fused-ring (bicyclic) bond motifs is 1. The van der Waals surface area contributed by atoms with E-state index in [1.54, 1.807) is 55.5 Å². The maximum atomic E-state index is 13.7. The van der Waals surface area contributed by atoms with E-state index < -0.39 is 23.0 Å². The van der Waals surface area contributed by atoms with Crippen molar-refractivity contribution in [2.75, 3.05) is 0 Å². The Labute approximate surface area is 167 Å². The molecule has 0 spiro atoms. The summed E-state index contributed by atoms with van der Waals surface area (Å²) in [5, 5.41) is 2.33. The van der Waals surface area contributed by atoms with Gasteiger partial charge in [0.25, 0.3) is 5.56 Å². The number of aliphatic imine (C=N–C) groups is 1. The number of alkyl halides is 3. The van der Waals surface area contributed by atoms with E-state index in [-0.39, 0.29) is 10.8 Å². The normalized spacial score (nSPS) is 12.7. The summed E-state index contributed by atoms with van der Waals surface area (Å²) in [6, 6.07) is 14.1. The number of benzene rings is 2. The molecule has 0 aliphatic heterocycles. The second-order valence-corrected chi connectivity index (χ2v) is 7.46. The number of aromatic nitrogens is 3. The summed E-state index contributed by atoms with van der Waals surface area (Å²) in [4.78, 5) is 21.5. The predicted molar refractivity (Wildman–Crippen MR) is 108 cm³/mol. The van der Waals surface area contributed by atoms with Crippen molar-refractivity contribution >= 4 is 33.0 Å². The van der Waals surface area contributed by atoms with Gasteiger partial charge in [-0.05, 0) is 37.6 Å². The van der Waals surface area contributed by atoms with Crippen LogP contribution >= 0.6 is 11.3 Å². The zero-order valence-electron chi connectivity index (χ0n) is 15.4. The molecule has 4 rings (SSSR count). The van der Waals surface area contributed by atoms with Crippen LogP contribution in [0.5, 0.6) is 0 Å². The fourth-order valence-electron chi connectivity index (χ4n) is 2.99. The smallest absolute Gasteiger partial charge is 0.284 e. The monoisotopic (exact) mass is 416 g/mol. The van der Waals surface area contributed by atoms with Gasteiger partial charge in [-0.1, -0.05) is 41.7 Å². The molecule has 0 aliphatic carbocycles. The highest BCUT2D eigenvalue weighted by molar-refractivity contribution is 7.20. The maximum Gasteiger partial charge on any atom is 0.433 e. The van der Waals surface area contributed by atoms with E-state index in [4.69, 9.17) is 0 Å². The lowest BCUT2D eigenvalue weighted by Gasteiger charge is -2.07. The first kappa shape index (κ1) is 19.1. The van der Waals surface area contributed by atoms with Gasteiger partial charge in [0.1, 0.15) is 0 Å². The first-order chi connectivity index (χ1) is 13.8. The maximum absolute atomic E-state index is 13.7. The van der Waals surface area contributed by atoms with Gasteiger partial charge in [0.15, 0.2) is 5.69 Å². The van der Waals surface area contributed by atoms with Gasteiger partial charge in [-0.25, -0.2) is 4.98 Å². The minimum absolute atomic E-state index is 0.0206. The van der Waals surface area contributed by atoms with Crippen molar-refractivity contribution < 1.29 is 13.2 Å². The molecule has 2 aromatic carbocycles. The van der Waals surface area contributed by atoms with Crippen molar-refractivity contribution in [3.63, 3.8) is 0 Å². The molecule has 29 heavy (non-hydrogen) atoms. The first-order valence-electron chi connectivity index (χ1n) is 8.65. The molecule has 1 N–H and O–H groups in total. The first-order valence-corrected chi connectivity index (χ1v) is 9.47. The van der Waals surface area contributed by atoms with E-state index in [2.05, 4.69) is 15.1 Å². The van der Waals surface area contributed by atoms with Gasteiger partial charge >= 0.3 is 6.18 Å². The van der Waals surface area contributed by atoms with E-state index in [1.807, 2.05) is 0 Å². The third-order valence-electron chi connectivity index (χ3n) is 4.41. The summed E-state index contributed by atoms with van der Waals surface area (Å²) in [6.45, 7) is 3.20. The minimum atomic E-state index is -4.75. The number of aromatic amines is 1. The van der Waals surface area contributed by atoms with Crippen LogP contribution in [0.15, 0.2) is 58.3 Å². The van der Waals surface area contributed by atoms with Crippen LogP contribution in [-0.2, 0) is 6.18 Å². The fourth-order valence-corrected chi connectivity index (χ4v) is 3.92. The standard InChI is InChI=1S/C20H15F3N4OS/c1-11-7-3-4-8-13(11)24-12(2)16-17(20(21,22)23)26-27(18(16)28)19-25-14-9-5-6-10-15(14)29-19/h3-10,26H,1-2H3. The van der Waals surface area contributed by atoms with Gasteiger partial charge in [0.2, 0.25) is 5.13 Å². The van der Waals surface area contributed by atoms with Crippen molar-refractivity contribution in [1.29, 1.82) is 0 Å². The van der Waals surface area contributed by atoms with Crippen molar-refractivity contribution in [2.45, 2.75) is 20.0 Å². The number of nitrogens with zero attached hydrogens (tertiary/aromatic N) is 3. The van der Waals surface area contributed by atoms with E-state index in [9.17, 15) is 18.0 Å². The van der Waals surface area contributed by atoms with Crippen LogP contribution < -0.4 is 5.56 Å². The van der Waals surface area contributed by atoms with Crippen LogP contribution in [0.25, 0.3) is 15.3 Å². The van der Waals surface area contributed by atoms with Crippen molar-refractivity contribution in [3.8, 4) is 5.13 Å². The van der Waals surface area contributed by atoms with Crippen molar-refractivity contribution in [3.05, 3.63) is 75.7 Å². The number of hydrogen-bond acceptors (Lipinski definition) is 4. The summed E-state index contributed by atoms with van der Waals surface area (Å²) >= 11 is 1.13. The van der Waals surface area contributed by atoms with Crippen molar-refractivity contribution in [2.24, 2.45) is 4.99 Å². The number of para-hydroxylation sites is 2. The summed E-state index contributed by atoms with van der Waals surface area (Å²) in [5.74, 6) is 0. The molecule has 0 saturated carbocycles. The molecule has 0 unspecified atom stereocenters. The Hall–Kier alpha value is -3.20. The molecule has 0 radical (unpaired) electrons. The molecule has 2 heterocycles. The molecule has 5 nitrogen and oxygen atoms in total. The highest BCUT2D eigenvalue weighted by Gasteiger charge is 2.39. The highest BCUT2D eigenvalue weighted by atomic mass is 32.1. The Balaban J connectivity index is 1.92. The molecule has 4 aromatic rings. The van der Waals surface area contributed by atoms with E-state index >= 15 is 0 Å². The highest BCUT2D eigenvalue weighted by Crippen LogP contribution is 2.32. The molecule has 0 atom stereocenters. The van der Waals surface area contributed by atoms with Crippen LogP contribution in [0.2, 0.25) is 0 Å². The quantitative estimate of drug-likeness (QED) is 0.464. The van der Waals surface area contributed by atoms with Gasteiger partial charge < -0.3 is 0 Å². The SMILES string of the molecule is CC(=Nc1ccccc1C)c1c(C(F)(F)F)[nH]n(-c2nc3ccccc3s2)c1=O. The molecule has 0 fully saturated rings. The topological polar surface area (TPSA) is 63.0 Å². The number of H-pyrrole nitrogens is 1. The average Bonchev–Trinajstić information content (AvgIpc) is 3.24. The largest absolute Gasteiger partial charge is 0.433 e. The fraction of sp³-hybridized carbons (Fsp3) is 0.150. The van der Waals surface area contributed by atoms with Gasteiger partial charge in [-0.2, -0.15) is 17.9 Å². The molecule has 0 amide bonds. The molecule has 9 heteroatoms. The lowest BCUT2D eigenvalue weighted by atomic mass is 10.1. The van der Waals surface area contributed by atoms with E-state index in [0.717, 1.165) is 26.3 Å². The summed E-state index contributed by atoms with van der Waals surface area (Å²) in [6.07, 6.45) is -4.75. The third-order valence-corrected chi connectivity index (χ3v) is 5.43.